The van der Waals surface area contributed by atoms with Crippen LogP contribution in [0.1, 0.15) is 27.2 Å². The maximum atomic E-state index is 14.3. The molecule has 0 aliphatic carbocycles. The minimum Gasteiger partial charge on any atom is -0.457 e. The third kappa shape index (κ3) is 7.90. The van der Waals surface area contributed by atoms with E-state index in [0.29, 0.717) is 18.0 Å². The third-order valence-corrected chi connectivity index (χ3v) is 6.99. The number of alkyl halides is 3. The smallest absolute Gasteiger partial charge is 0.457 e. The summed E-state index contributed by atoms with van der Waals surface area (Å²) in [5, 5.41) is 5.38. The summed E-state index contributed by atoms with van der Waals surface area (Å²) in [6, 6.07) is 19.5. The third-order valence-electron chi connectivity index (χ3n) is 6.99. The van der Waals surface area contributed by atoms with E-state index in [1.807, 2.05) is 19.0 Å². The number of nitrogens with zero attached hydrogens (tertiary/aromatic N) is 2. The van der Waals surface area contributed by atoms with Crippen molar-refractivity contribution in [3.8, 4) is 11.5 Å². The molecule has 5 aromatic rings. The van der Waals surface area contributed by atoms with Crippen molar-refractivity contribution in [2.45, 2.75) is 19.6 Å². The number of carbonyl (C=O) groups excluding carboxylic acids is 3. The molecule has 0 aliphatic rings. The fourth-order valence-corrected chi connectivity index (χ4v) is 4.78. The molecular formula is C34H28F4N4O6. The zero-order valence-corrected chi connectivity index (χ0v) is 25.7. The molecule has 0 atom stereocenters. The number of anilines is 2. The van der Waals surface area contributed by atoms with Crippen LogP contribution in [0.5, 0.6) is 11.5 Å². The molecule has 1 aromatic heterocycles. The Balaban J connectivity index is 1.25. The summed E-state index contributed by atoms with van der Waals surface area (Å²) in [4.78, 5) is 50.1. The number of benzene rings is 4. The van der Waals surface area contributed by atoms with Crippen LogP contribution in [0.15, 0.2) is 91.0 Å². The Labute approximate surface area is 271 Å². The maximum absolute atomic E-state index is 14.3. The van der Waals surface area contributed by atoms with Crippen molar-refractivity contribution in [2.75, 3.05) is 24.7 Å². The van der Waals surface area contributed by atoms with Crippen LogP contribution in [0.25, 0.3) is 10.9 Å². The lowest BCUT2D eigenvalue weighted by Gasteiger charge is -2.11. The van der Waals surface area contributed by atoms with Gasteiger partial charge in [0.05, 0.1) is 28.0 Å². The Morgan fingerprint density at radius 3 is 2.04 bits per heavy atom. The average Bonchev–Trinajstić information content (AvgIpc) is 3.30. The Kier molecular flexibility index (Phi) is 9.66. The van der Waals surface area contributed by atoms with Gasteiger partial charge in [-0.1, -0.05) is 12.1 Å². The number of fused-ring (bicyclic) bond motifs is 1. The Bertz CT molecular complexity index is 1960. The van der Waals surface area contributed by atoms with Crippen molar-refractivity contribution in [1.82, 2.24) is 9.47 Å². The first-order valence-corrected chi connectivity index (χ1v) is 14.3. The molecule has 0 aliphatic heterocycles. The number of aromatic nitrogens is 1. The van der Waals surface area contributed by atoms with E-state index in [4.69, 9.17) is 14.5 Å². The second-order valence-corrected chi connectivity index (χ2v) is 10.8. The van der Waals surface area contributed by atoms with E-state index in [2.05, 4.69) is 10.6 Å². The summed E-state index contributed by atoms with van der Waals surface area (Å²) in [5.74, 6) is -1.06. The van der Waals surface area contributed by atoms with Crippen LogP contribution in [-0.4, -0.2) is 41.7 Å². The molecule has 48 heavy (non-hydrogen) atoms. The monoisotopic (exact) mass is 664 g/mol. The molecule has 0 saturated carbocycles. The van der Waals surface area contributed by atoms with Crippen molar-refractivity contribution in [1.29, 1.82) is 0 Å². The lowest BCUT2D eigenvalue weighted by Crippen LogP contribution is -2.21. The topological polar surface area (TPSA) is 111 Å². The fourth-order valence-electron chi connectivity index (χ4n) is 4.78. The first kappa shape index (κ1) is 33.5. The molecule has 0 fully saturated rings. The normalized spacial score (nSPS) is 11.3. The van der Waals surface area contributed by atoms with Gasteiger partial charge in [0.2, 0.25) is 0 Å². The highest BCUT2D eigenvalue weighted by molar-refractivity contribution is 6.09. The number of amides is 2. The van der Waals surface area contributed by atoms with Gasteiger partial charge in [-0.2, -0.15) is 13.2 Å². The van der Waals surface area contributed by atoms with E-state index in [0.717, 1.165) is 34.4 Å². The van der Waals surface area contributed by atoms with Gasteiger partial charge in [0.15, 0.2) is 0 Å². The van der Waals surface area contributed by atoms with E-state index < -0.39 is 35.7 Å². The van der Waals surface area contributed by atoms with Crippen molar-refractivity contribution >= 4 is 40.4 Å². The Hall–Kier alpha value is -5.89. The molecule has 0 unspecified atom stereocenters. The van der Waals surface area contributed by atoms with Gasteiger partial charge in [0.25, 0.3) is 0 Å². The SMILES string of the molecule is Cc1c(NC(=O)Nc2ccc(Oc3ccc(C(F)(F)F)cc3)cc2)c2cc(F)ccc2n1C(=O)OOC(=O)c1ccc(CN(C)C)cc1. The number of urea groups is 1. The highest BCUT2D eigenvalue weighted by Crippen LogP contribution is 2.33. The van der Waals surface area contributed by atoms with Gasteiger partial charge in [-0.3, -0.25) is 0 Å². The number of hydrogen-bond donors (Lipinski definition) is 2. The zero-order valence-electron chi connectivity index (χ0n) is 25.7. The molecule has 4 aromatic carbocycles. The van der Waals surface area contributed by atoms with Crippen molar-refractivity contribution in [3.63, 3.8) is 0 Å². The van der Waals surface area contributed by atoms with Gasteiger partial charge in [-0.15, -0.1) is 0 Å². The highest BCUT2D eigenvalue weighted by Gasteiger charge is 2.30. The number of rotatable bonds is 7. The molecule has 5 rings (SSSR count). The van der Waals surface area contributed by atoms with E-state index in [1.165, 1.54) is 61.5 Å². The van der Waals surface area contributed by atoms with Crippen LogP contribution in [0, 0.1) is 12.7 Å². The van der Waals surface area contributed by atoms with Gasteiger partial charge in [0, 0.05) is 17.6 Å². The van der Waals surface area contributed by atoms with E-state index in [9.17, 15) is 31.9 Å². The predicted octanol–water partition coefficient (Wildman–Crippen LogP) is 8.36. The molecule has 1 heterocycles. The van der Waals surface area contributed by atoms with Crippen LogP contribution in [-0.2, 0) is 22.5 Å². The Morgan fingerprint density at radius 2 is 1.44 bits per heavy atom. The summed E-state index contributed by atoms with van der Waals surface area (Å²) in [7, 11) is 3.81. The zero-order chi connectivity index (χ0) is 34.6. The number of ether oxygens (including phenoxy) is 1. The van der Waals surface area contributed by atoms with Gasteiger partial charge >= 0.3 is 24.3 Å². The van der Waals surface area contributed by atoms with E-state index >= 15 is 0 Å². The lowest BCUT2D eigenvalue weighted by molar-refractivity contribution is -0.182. The molecule has 0 radical (unpaired) electrons. The largest absolute Gasteiger partial charge is 0.461 e. The maximum Gasteiger partial charge on any atom is 0.461 e. The molecule has 0 spiro atoms. The van der Waals surface area contributed by atoms with E-state index in [1.54, 1.807) is 12.1 Å². The second-order valence-electron chi connectivity index (χ2n) is 10.8. The molecular weight excluding hydrogens is 636 g/mol. The quantitative estimate of drug-likeness (QED) is 0.102. The summed E-state index contributed by atoms with van der Waals surface area (Å²) in [6.45, 7) is 2.14. The molecule has 2 amide bonds. The first-order valence-electron chi connectivity index (χ1n) is 14.3. The van der Waals surface area contributed by atoms with Gasteiger partial charge in [0.1, 0.15) is 17.3 Å². The number of halogens is 4. The molecule has 0 saturated heterocycles. The minimum atomic E-state index is -4.47. The molecule has 14 heteroatoms. The second kappa shape index (κ2) is 13.8. The van der Waals surface area contributed by atoms with Crippen LogP contribution in [0.3, 0.4) is 0 Å². The summed E-state index contributed by atoms with van der Waals surface area (Å²) in [6.07, 6.45) is -5.58. The van der Waals surface area contributed by atoms with Gasteiger partial charge < -0.3 is 20.3 Å². The summed E-state index contributed by atoms with van der Waals surface area (Å²) < 4.78 is 59.2. The minimum absolute atomic E-state index is 0.0871. The van der Waals surface area contributed by atoms with Crippen LogP contribution >= 0.6 is 0 Å². The van der Waals surface area contributed by atoms with Gasteiger partial charge in [-0.05, 0) is 105 Å². The van der Waals surface area contributed by atoms with Crippen LogP contribution in [0.2, 0.25) is 0 Å². The van der Waals surface area contributed by atoms with Crippen molar-refractivity contribution in [2.24, 2.45) is 0 Å². The molecule has 248 valence electrons. The van der Waals surface area contributed by atoms with Crippen LogP contribution < -0.4 is 15.4 Å². The van der Waals surface area contributed by atoms with Gasteiger partial charge in [-0.25, -0.2) is 33.1 Å². The number of carbonyl (C=O) groups is 3. The lowest BCUT2D eigenvalue weighted by atomic mass is 10.1. The number of hydrogen-bond acceptors (Lipinski definition) is 7. The first-order chi connectivity index (χ1) is 22.8. The van der Waals surface area contributed by atoms with Crippen LogP contribution in [0.4, 0.5) is 38.5 Å². The van der Waals surface area contributed by atoms with Crippen molar-refractivity contribution in [3.05, 3.63) is 119 Å². The summed E-state index contributed by atoms with van der Waals surface area (Å²) in [5.41, 5.74) is 1.04. The standard InChI is InChI=1S/C34H28F4N4O6/c1-20-30(40-32(44)39-25-11-15-27(16-12-25)46-26-13-8-23(9-14-26)34(36,37)38)28-18-24(35)10-17-29(28)42(20)33(45)48-47-31(43)22-6-4-21(5-7-22)19-41(2)3/h4-18H,19H2,1-3H3,(H2,39,40,44). The Morgan fingerprint density at radius 1 is 0.812 bits per heavy atom. The molecule has 0 bridgehead atoms. The highest BCUT2D eigenvalue weighted by atomic mass is 19.4. The summed E-state index contributed by atoms with van der Waals surface area (Å²) >= 11 is 0. The predicted molar refractivity (Wildman–Crippen MR) is 168 cm³/mol. The fraction of sp³-hybridized carbons (Fsp3) is 0.147. The van der Waals surface area contributed by atoms with E-state index in [-0.39, 0.29) is 33.6 Å². The number of nitrogens with one attached hydrogen (secondary N) is 2. The molecule has 2 N–H and O–H groups in total. The molecule has 10 nitrogen and oxygen atoms in total. The average molecular weight is 665 g/mol. The van der Waals surface area contributed by atoms with Crippen molar-refractivity contribution < 1.29 is 46.5 Å².